The zero-order chi connectivity index (χ0) is 18.5. The van der Waals surface area contributed by atoms with Gasteiger partial charge in [-0.05, 0) is 31.0 Å². The van der Waals surface area contributed by atoms with E-state index in [4.69, 9.17) is 11.6 Å². The fourth-order valence-electron chi connectivity index (χ4n) is 2.05. The lowest BCUT2D eigenvalue weighted by Gasteiger charge is -2.16. The van der Waals surface area contributed by atoms with E-state index in [-0.39, 0.29) is 24.1 Å². The molecule has 7 nitrogen and oxygen atoms in total. The average molecular weight is 412 g/mol. The fourth-order valence-corrected chi connectivity index (χ4v) is 3.95. The van der Waals surface area contributed by atoms with Crippen molar-refractivity contribution in [3.8, 4) is 0 Å². The number of carbonyl (C=O) groups excluding carboxylic acids is 2. The van der Waals surface area contributed by atoms with Gasteiger partial charge in [0.25, 0.3) is 0 Å². The van der Waals surface area contributed by atoms with Crippen molar-refractivity contribution in [3.05, 3.63) is 29.3 Å². The standard InChI is InChI=1S/C16H18ClN5O2S2/c1-22(8-13(23)18-11-5-6-11)14(24)9-25-16-21-20-15(26-16)19-12-4-2-3-10(17)7-12/h2-4,7,11H,5-6,8-9H2,1H3,(H,18,23)(H,19,20). The van der Waals surface area contributed by atoms with Crippen LogP contribution in [0.15, 0.2) is 28.6 Å². The van der Waals surface area contributed by atoms with E-state index in [0.29, 0.717) is 20.5 Å². The van der Waals surface area contributed by atoms with Crippen LogP contribution < -0.4 is 10.6 Å². The molecule has 1 aromatic heterocycles. The molecule has 0 atom stereocenters. The van der Waals surface area contributed by atoms with E-state index in [2.05, 4.69) is 20.8 Å². The maximum Gasteiger partial charge on any atom is 0.239 e. The Morgan fingerprint density at radius 3 is 2.92 bits per heavy atom. The van der Waals surface area contributed by atoms with Crippen LogP contribution in [0.3, 0.4) is 0 Å². The highest BCUT2D eigenvalue weighted by Gasteiger charge is 2.24. The van der Waals surface area contributed by atoms with Crippen LogP contribution in [0.25, 0.3) is 0 Å². The molecule has 2 amide bonds. The van der Waals surface area contributed by atoms with Crippen LogP contribution in [0.1, 0.15) is 12.8 Å². The number of anilines is 2. The largest absolute Gasteiger partial charge is 0.352 e. The third-order valence-corrected chi connectivity index (χ3v) is 5.74. The number of benzene rings is 1. The van der Waals surface area contributed by atoms with E-state index in [1.807, 2.05) is 12.1 Å². The van der Waals surface area contributed by atoms with Gasteiger partial charge >= 0.3 is 0 Å². The third kappa shape index (κ3) is 5.86. The molecule has 2 N–H and O–H groups in total. The van der Waals surface area contributed by atoms with E-state index in [9.17, 15) is 9.59 Å². The van der Waals surface area contributed by atoms with Gasteiger partial charge in [0.1, 0.15) is 0 Å². The molecule has 1 aliphatic rings. The van der Waals surface area contributed by atoms with Crippen molar-refractivity contribution in [1.82, 2.24) is 20.4 Å². The first kappa shape index (κ1) is 18.9. The minimum atomic E-state index is -0.125. The molecule has 3 rings (SSSR count). The van der Waals surface area contributed by atoms with Crippen molar-refractivity contribution in [2.45, 2.75) is 23.2 Å². The van der Waals surface area contributed by atoms with Gasteiger partial charge in [0.15, 0.2) is 4.34 Å². The second-order valence-corrected chi connectivity index (χ2v) is 8.53. The van der Waals surface area contributed by atoms with Crippen LogP contribution in [0, 0.1) is 0 Å². The SMILES string of the molecule is CN(CC(=O)NC1CC1)C(=O)CSc1nnc(Nc2cccc(Cl)c2)s1. The van der Waals surface area contributed by atoms with Gasteiger partial charge in [0, 0.05) is 23.8 Å². The Kier molecular flexibility index (Phi) is 6.33. The molecule has 0 spiro atoms. The lowest BCUT2D eigenvalue weighted by atomic mass is 10.3. The maximum atomic E-state index is 12.1. The molecule has 0 bridgehead atoms. The first-order valence-corrected chi connectivity index (χ1v) is 10.2. The number of likely N-dealkylation sites (N-methyl/N-ethyl adjacent to an activating group) is 1. The summed E-state index contributed by atoms with van der Waals surface area (Å²) in [4.78, 5) is 25.3. The number of halogens is 1. The molecule has 0 radical (unpaired) electrons. The molecule has 1 heterocycles. The van der Waals surface area contributed by atoms with Crippen molar-refractivity contribution < 1.29 is 9.59 Å². The van der Waals surface area contributed by atoms with Crippen LogP contribution >= 0.6 is 34.7 Å². The summed E-state index contributed by atoms with van der Waals surface area (Å²) in [5, 5.41) is 15.4. The Bertz CT molecular complexity index is 796. The lowest BCUT2D eigenvalue weighted by molar-refractivity contribution is -0.132. The molecule has 1 aliphatic carbocycles. The van der Waals surface area contributed by atoms with E-state index >= 15 is 0 Å². The number of carbonyl (C=O) groups is 2. The number of nitrogens with zero attached hydrogens (tertiary/aromatic N) is 3. The summed E-state index contributed by atoms with van der Waals surface area (Å²) in [6.07, 6.45) is 2.06. The lowest BCUT2D eigenvalue weighted by Crippen LogP contribution is -2.39. The Balaban J connectivity index is 1.44. The van der Waals surface area contributed by atoms with Crippen molar-refractivity contribution in [2.24, 2.45) is 0 Å². The van der Waals surface area contributed by atoms with Crippen LogP contribution in [0.4, 0.5) is 10.8 Å². The highest BCUT2D eigenvalue weighted by atomic mass is 35.5. The topological polar surface area (TPSA) is 87.2 Å². The number of amides is 2. The summed E-state index contributed by atoms with van der Waals surface area (Å²) in [6.45, 7) is 0.0770. The summed E-state index contributed by atoms with van der Waals surface area (Å²) in [5.74, 6) is -0.0308. The van der Waals surface area contributed by atoms with E-state index in [1.165, 1.54) is 28.0 Å². The Labute approximate surface area is 164 Å². The average Bonchev–Trinajstić information content (AvgIpc) is 3.29. The number of thioether (sulfide) groups is 1. The molecule has 0 unspecified atom stereocenters. The Morgan fingerprint density at radius 2 is 2.19 bits per heavy atom. The van der Waals surface area contributed by atoms with E-state index < -0.39 is 0 Å². The number of aromatic nitrogens is 2. The summed E-state index contributed by atoms with van der Waals surface area (Å²) in [7, 11) is 1.63. The van der Waals surface area contributed by atoms with E-state index in [0.717, 1.165) is 18.5 Å². The molecule has 0 saturated heterocycles. The second kappa shape index (κ2) is 8.70. The molecule has 1 fully saturated rings. The van der Waals surface area contributed by atoms with Crippen molar-refractivity contribution in [3.63, 3.8) is 0 Å². The number of hydrogen-bond acceptors (Lipinski definition) is 7. The van der Waals surface area contributed by atoms with Gasteiger partial charge < -0.3 is 15.5 Å². The van der Waals surface area contributed by atoms with Gasteiger partial charge in [-0.3, -0.25) is 9.59 Å². The predicted molar refractivity (Wildman–Crippen MR) is 104 cm³/mol. The summed E-state index contributed by atoms with van der Waals surface area (Å²) >= 11 is 8.61. The van der Waals surface area contributed by atoms with Gasteiger partial charge in [-0.25, -0.2) is 0 Å². The van der Waals surface area contributed by atoms with Gasteiger partial charge in [-0.1, -0.05) is 40.8 Å². The monoisotopic (exact) mass is 411 g/mol. The van der Waals surface area contributed by atoms with Gasteiger partial charge in [0.05, 0.1) is 12.3 Å². The molecular formula is C16H18ClN5O2S2. The van der Waals surface area contributed by atoms with Crippen LogP contribution in [-0.2, 0) is 9.59 Å². The first-order chi connectivity index (χ1) is 12.5. The highest BCUT2D eigenvalue weighted by molar-refractivity contribution is 8.01. The zero-order valence-corrected chi connectivity index (χ0v) is 16.5. The molecule has 138 valence electrons. The summed E-state index contributed by atoms with van der Waals surface area (Å²) < 4.78 is 0.679. The number of hydrogen-bond donors (Lipinski definition) is 2. The molecular weight excluding hydrogens is 394 g/mol. The second-order valence-electron chi connectivity index (χ2n) is 5.89. The quantitative estimate of drug-likeness (QED) is 0.649. The fraction of sp³-hybridized carbons (Fsp3) is 0.375. The van der Waals surface area contributed by atoms with Gasteiger partial charge in [-0.15, -0.1) is 10.2 Å². The minimum Gasteiger partial charge on any atom is -0.352 e. The predicted octanol–water partition coefficient (Wildman–Crippen LogP) is 2.76. The van der Waals surface area contributed by atoms with Crippen molar-refractivity contribution in [1.29, 1.82) is 0 Å². The highest BCUT2D eigenvalue weighted by Crippen LogP contribution is 2.28. The zero-order valence-electron chi connectivity index (χ0n) is 14.1. The molecule has 0 aliphatic heterocycles. The maximum absolute atomic E-state index is 12.1. The molecule has 26 heavy (non-hydrogen) atoms. The first-order valence-electron chi connectivity index (χ1n) is 8.02. The van der Waals surface area contributed by atoms with Crippen LogP contribution in [-0.4, -0.2) is 52.3 Å². The molecule has 1 aromatic carbocycles. The summed E-state index contributed by atoms with van der Waals surface area (Å²) in [5.41, 5.74) is 0.822. The van der Waals surface area contributed by atoms with Crippen LogP contribution in [0.2, 0.25) is 5.02 Å². The molecule has 10 heteroatoms. The van der Waals surface area contributed by atoms with Gasteiger partial charge in [-0.2, -0.15) is 0 Å². The van der Waals surface area contributed by atoms with E-state index in [1.54, 1.807) is 19.2 Å². The minimum absolute atomic E-state index is 0.0770. The Hall–Kier alpha value is -1.84. The summed E-state index contributed by atoms with van der Waals surface area (Å²) in [6, 6.07) is 7.61. The molecule has 2 aromatic rings. The van der Waals surface area contributed by atoms with Crippen molar-refractivity contribution in [2.75, 3.05) is 24.7 Å². The number of nitrogens with one attached hydrogen (secondary N) is 2. The normalized spacial score (nSPS) is 13.3. The number of rotatable bonds is 8. The van der Waals surface area contributed by atoms with Gasteiger partial charge in [0.2, 0.25) is 16.9 Å². The Morgan fingerprint density at radius 1 is 1.38 bits per heavy atom. The van der Waals surface area contributed by atoms with Crippen LogP contribution in [0.5, 0.6) is 0 Å². The third-order valence-electron chi connectivity index (χ3n) is 3.55. The smallest absolute Gasteiger partial charge is 0.239 e. The van der Waals surface area contributed by atoms with Crippen molar-refractivity contribution >= 4 is 57.3 Å². The molecule has 1 saturated carbocycles.